The monoisotopic (exact) mass is 558 g/mol. The molecule has 2 N–H and O–H groups in total. The fourth-order valence-electron chi connectivity index (χ4n) is 4.42. The molecule has 11 heteroatoms. The van der Waals surface area contributed by atoms with E-state index in [0.29, 0.717) is 51.0 Å². The van der Waals surface area contributed by atoms with Gasteiger partial charge in [0.25, 0.3) is 11.5 Å². The highest BCUT2D eigenvalue weighted by Crippen LogP contribution is 2.37. The van der Waals surface area contributed by atoms with Crippen LogP contribution < -0.4 is 25.1 Å². The molecule has 0 aliphatic heterocycles. The number of aromatic nitrogens is 3. The molecular weight excluding hydrogens is 531 g/mol. The van der Waals surface area contributed by atoms with E-state index in [2.05, 4.69) is 10.3 Å². The fourth-order valence-corrected chi connectivity index (χ4v) is 4.42. The van der Waals surface area contributed by atoms with E-state index in [-0.39, 0.29) is 18.8 Å². The van der Waals surface area contributed by atoms with Crippen LogP contribution in [0.5, 0.6) is 23.0 Å². The summed E-state index contributed by atoms with van der Waals surface area (Å²) >= 11 is 0. The van der Waals surface area contributed by atoms with Crippen LogP contribution >= 0.6 is 0 Å². The van der Waals surface area contributed by atoms with Gasteiger partial charge in [0.05, 0.1) is 30.6 Å². The molecule has 3 aromatic carbocycles. The first kappa shape index (κ1) is 27.4. The highest BCUT2D eigenvalue weighted by molar-refractivity contribution is 6.05. The Morgan fingerprint density at radius 3 is 2.44 bits per heavy atom. The van der Waals surface area contributed by atoms with Gasteiger partial charge in [-0.2, -0.15) is 0 Å². The van der Waals surface area contributed by atoms with E-state index in [1.54, 1.807) is 67.3 Å². The molecule has 41 heavy (non-hydrogen) atoms. The highest BCUT2D eigenvalue weighted by atomic mass is 19.1. The van der Waals surface area contributed by atoms with Gasteiger partial charge in [-0.1, -0.05) is 0 Å². The van der Waals surface area contributed by atoms with Gasteiger partial charge in [0, 0.05) is 30.4 Å². The van der Waals surface area contributed by atoms with Crippen LogP contribution in [0.4, 0.5) is 10.1 Å². The van der Waals surface area contributed by atoms with Gasteiger partial charge in [-0.25, -0.2) is 9.07 Å². The number of halogens is 1. The Labute approximate surface area is 234 Å². The second kappa shape index (κ2) is 11.5. The molecule has 0 radical (unpaired) electrons. The second-order valence-electron chi connectivity index (χ2n) is 9.06. The smallest absolute Gasteiger partial charge is 0.284 e. The van der Waals surface area contributed by atoms with Gasteiger partial charge in [0.15, 0.2) is 11.5 Å². The maximum Gasteiger partial charge on any atom is 0.284 e. The number of rotatable bonds is 9. The molecule has 0 bridgehead atoms. The minimum Gasteiger partial charge on any atom is -0.493 e. The predicted octanol–water partition coefficient (Wildman–Crippen LogP) is 4.60. The Morgan fingerprint density at radius 1 is 1.02 bits per heavy atom. The number of hydrogen-bond acceptors (Lipinski definition) is 7. The van der Waals surface area contributed by atoms with Crippen molar-refractivity contribution in [3.05, 3.63) is 100 Å². The van der Waals surface area contributed by atoms with Gasteiger partial charge in [0.1, 0.15) is 29.5 Å². The van der Waals surface area contributed by atoms with Gasteiger partial charge < -0.3 is 24.6 Å². The van der Waals surface area contributed by atoms with Crippen LogP contribution in [-0.4, -0.2) is 45.7 Å². The minimum atomic E-state index is -0.566. The molecule has 10 nitrogen and oxygen atoms in total. The largest absolute Gasteiger partial charge is 0.493 e. The number of aliphatic hydroxyl groups excluding tert-OH is 1. The number of anilines is 1. The van der Waals surface area contributed by atoms with E-state index in [1.807, 2.05) is 0 Å². The summed E-state index contributed by atoms with van der Waals surface area (Å²) in [7, 11) is 3.18. The molecule has 2 heterocycles. The van der Waals surface area contributed by atoms with E-state index in [1.165, 1.54) is 36.1 Å². The van der Waals surface area contributed by atoms with Crippen LogP contribution in [0.2, 0.25) is 0 Å². The van der Waals surface area contributed by atoms with Crippen molar-refractivity contribution in [3.63, 3.8) is 0 Å². The third kappa shape index (κ3) is 5.48. The van der Waals surface area contributed by atoms with E-state index in [0.717, 1.165) is 0 Å². The van der Waals surface area contributed by atoms with Gasteiger partial charge in [-0.15, -0.1) is 0 Å². The van der Waals surface area contributed by atoms with E-state index >= 15 is 0 Å². The third-order valence-electron chi connectivity index (χ3n) is 6.53. The lowest BCUT2D eigenvalue weighted by Crippen LogP contribution is -2.25. The highest BCUT2D eigenvalue weighted by Gasteiger charge is 2.22. The van der Waals surface area contributed by atoms with Crippen LogP contribution in [0.15, 0.2) is 77.7 Å². The van der Waals surface area contributed by atoms with Crippen molar-refractivity contribution in [3.8, 4) is 28.7 Å². The summed E-state index contributed by atoms with van der Waals surface area (Å²) in [5.74, 6) is 0.968. The average molecular weight is 559 g/mol. The summed E-state index contributed by atoms with van der Waals surface area (Å²) in [4.78, 5) is 30.6. The summed E-state index contributed by atoms with van der Waals surface area (Å²) in [6, 6.07) is 17.3. The van der Waals surface area contributed by atoms with Crippen molar-refractivity contribution in [2.24, 2.45) is 7.05 Å². The molecule has 0 spiro atoms. The second-order valence-corrected chi connectivity index (χ2v) is 9.06. The SMILES string of the molecule is COc1cc2c(Oc3ccc(NC(=O)c4c(C)n(C)n(-c5ccc(F)cc5)c4=O)cc3)ccnc2cc1OCCO. The lowest BCUT2D eigenvalue weighted by molar-refractivity contribution is 0.102. The molecule has 0 aliphatic rings. The number of amides is 1. The van der Waals surface area contributed by atoms with Crippen LogP contribution in [0.25, 0.3) is 16.6 Å². The van der Waals surface area contributed by atoms with Gasteiger partial charge in [-0.05, 0) is 67.6 Å². The van der Waals surface area contributed by atoms with Crippen molar-refractivity contribution in [2.45, 2.75) is 6.92 Å². The zero-order valence-electron chi connectivity index (χ0n) is 22.6. The molecule has 0 saturated carbocycles. The number of ether oxygens (including phenoxy) is 3. The molecule has 0 unspecified atom stereocenters. The molecule has 5 aromatic rings. The van der Waals surface area contributed by atoms with E-state index in [4.69, 9.17) is 19.3 Å². The zero-order chi connectivity index (χ0) is 29.1. The number of nitrogens with zero attached hydrogens (tertiary/aromatic N) is 3. The first-order valence-corrected chi connectivity index (χ1v) is 12.6. The summed E-state index contributed by atoms with van der Waals surface area (Å²) in [6.45, 7) is 1.66. The first-order valence-electron chi connectivity index (χ1n) is 12.6. The molecule has 0 atom stereocenters. The summed E-state index contributed by atoms with van der Waals surface area (Å²) < 4.78 is 33.3. The molecule has 0 saturated heterocycles. The van der Waals surface area contributed by atoms with Crippen LogP contribution in [-0.2, 0) is 7.05 Å². The quantitative estimate of drug-likeness (QED) is 0.272. The first-order chi connectivity index (χ1) is 19.8. The number of methoxy groups -OCH3 is 1. The number of aliphatic hydroxyl groups is 1. The number of nitrogens with one attached hydrogen (secondary N) is 1. The van der Waals surface area contributed by atoms with Crippen molar-refractivity contribution >= 4 is 22.5 Å². The fraction of sp³-hybridized carbons (Fsp3) is 0.167. The molecule has 210 valence electrons. The van der Waals surface area contributed by atoms with Crippen LogP contribution in [0, 0.1) is 12.7 Å². The topological polar surface area (TPSA) is 117 Å². The maximum absolute atomic E-state index is 13.4. The molecule has 5 rings (SSSR count). The third-order valence-corrected chi connectivity index (χ3v) is 6.53. The molecule has 2 aromatic heterocycles. The standard InChI is InChI=1S/C30H27FN4O6/c1-18-28(30(38)35(34(18)2)21-8-4-19(31)5-9-21)29(37)33-20-6-10-22(11-7-20)41-25-12-13-32-24-17-27(40-15-14-36)26(39-3)16-23(24)25/h4-13,16-17,36H,14-15H2,1-3H3,(H,33,37). The Balaban J connectivity index is 1.35. The number of pyridine rings is 1. The number of carbonyl (C=O) groups excluding carboxylic acids is 1. The van der Waals surface area contributed by atoms with E-state index < -0.39 is 17.3 Å². The van der Waals surface area contributed by atoms with E-state index in [9.17, 15) is 14.0 Å². The number of carbonyl (C=O) groups is 1. The van der Waals surface area contributed by atoms with Crippen molar-refractivity contribution in [1.29, 1.82) is 0 Å². The van der Waals surface area contributed by atoms with Gasteiger partial charge in [-0.3, -0.25) is 19.3 Å². The van der Waals surface area contributed by atoms with Gasteiger partial charge >= 0.3 is 0 Å². The average Bonchev–Trinajstić information content (AvgIpc) is 3.20. The predicted molar refractivity (Wildman–Crippen MR) is 151 cm³/mol. The maximum atomic E-state index is 13.4. The van der Waals surface area contributed by atoms with Crippen LogP contribution in [0.1, 0.15) is 16.1 Å². The molecule has 0 fully saturated rings. The normalized spacial score (nSPS) is 11.0. The Hall–Kier alpha value is -5.16. The summed E-state index contributed by atoms with van der Waals surface area (Å²) in [5.41, 5.74) is 1.45. The lowest BCUT2D eigenvalue weighted by Gasteiger charge is -2.13. The number of benzene rings is 3. The van der Waals surface area contributed by atoms with Crippen molar-refractivity contribution in [2.75, 3.05) is 25.6 Å². The zero-order valence-corrected chi connectivity index (χ0v) is 22.6. The van der Waals surface area contributed by atoms with Crippen molar-refractivity contribution < 1.29 is 28.5 Å². The number of fused-ring (bicyclic) bond motifs is 1. The molecule has 0 aliphatic carbocycles. The Morgan fingerprint density at radius 2 is 1.76 bits per heavy atom. The minimum absolute atomic E-state index is 0.0170. The summed E-state index contributed by atoms with van der Waals surface area (Å²) in [5, 5.41) is 12.5. The Kier molecular flexibility index (Phi) is 7.70. The number of hydrogen-bond donors (Lipinski definition) is 2. The van der Waals surface area contributed by atoms with Crippen LogP contribution in [0.3, 0.4) is 0 Å². The summed E-state index contributed by atoms with van der Waals surface area (Å²) in [6.07, 6.45) is 1.61. The van der Waals surface area contributed by atoms with Crippen molar-refractivity contribution in [1.82, 2.24) is 14.3 Å². The van der Waals surface area contributed by atoms with Gasteiger partial charge in [0.2, 0.25) is 0 Å². The molecular formula is C30H27FN4O6. The Bertz CT molecular complexity index is 1780. The molecule has 1 amide bonds. The lowest BCUT2D eigenvalue weighted by atomic mass is 10.1.